The number of benzene rings is 1. The Morgan fingerprint density at radius 3 is 2.84 bits per heavy atom. The van der Waals surface area contributed by atoms with Crippen LogP contribution >= 0.6 is 11.3 Å². The predicted molar refractivity (Wildman–Crippen MR) is 74.5 cm³/mol. The van der Waals surface area contributed by atoms with E-state index in [1.54, 1.807) is 0 Å². The highest BCUT2D eigenvalue weighted by Gasteiger charge is 2.10. The molecular formula is C13H15N3O2S. The molecule has 0 bridgehead atoms. The molecule has 1 atom stereocenters. The molecule has 2 aromatic rings. The van der Waals surface area contributed by atoms with Gasteiger partial charge in [0.25, 0.3) is 0 Å². The topological polar surface area (TPSA) is 88.2 Å². The zero-order valence-corrected chi connectivity index (χ0v) is 11.1. The van der Waals surface area contributed by atoms with Crippen LogP contribution in [0.2, 0.25) is 0 Å². The summed E-state index contributed by atoms with van der Waals surface area (Å²) in [6.07, 6.45) is -1.16. The number of carbonyl (C=O) groups excluding carboxylic acids is 1. The summed E-state index contributed by atoms with van der Waals surface area (Å²) in [7, 11) is 0. The van der Waals surface area contributed by atoms with Gasteiger partial charge < -0.3 is 16.2 Å². The maximum Gasteiger partial charge on any atom is 0.247 e. The van der Waals surface area contributed by atoms with E-state index >= 15 is 0 Å². The monoisotopic (exact) mass is 277 g/mol. The number of amides is 1. The van der Waals surface area contributed by atoms with Gasteiger partial charge in [-0.15, -0.1) is 11.3 Å². The van der Waals surface area contributed by atoms with Crippen LogP contribution in [-0.2, 0) is 11.3 Å². The smallest absolute Gasteiger partial charge is 0.247 e. The van der Waals surface area contributed by atoms with Crippen molar-refractivity contribution in [1.82, 2.24) is 10.3 Å². The number of hydrogen-bond donors (Lipinski definition) is 3. The largest absolute Gasteiger partial charge is 0.382 e. The van der Waals surface area contributed by atoms with Gasteiger partial charge in [-0.3, -0.25) is 4.79 Å². The molecule has 0 spiro atoms. The van der Waals surface area contributed by atoms with E-state index in [1.807, 2.05) is 35.7 Å². The summed E-state index contributed by atoms with van der Waals surface area (Å²) in [5.74, 6) is -0.725. The number of rotatable bonds is 6. The molecule has 100 valence electrons. The van der Waals surface area contributed by atoms with Crippen molar-refractivity contribution in [2.24, 2.45) is 5.73 Å². The van der Waals surface area contributed by atoms with Crippen LogP contribution in [0.15, 0.2) is 35.7 Å². The molecule has 1 aromatic carbocycles. The number of aliphatic hydroxyl groups is 1. The first-order valence-corrected chi connectivity index (χ1v) is 6.72. The van der Waals surface area contributed by atoms with E-state index in [9.17, 15) is 9.90 Å². The van der Waals surface area contributed by atoms with Crippen molar-refractivity contribution < 1.29 is 9.90 Å². The molecule has 2 rings (SSSR count). The Balaban J connectivity index is 1.90. The Morgan fingerprint density at radius 2 is 2.16 bits per heavy atom. The lowest BCUT2D eigenvalue weighted by molar-refractivity contribution is -0.125. The van der Waals surface area contributed by atoms with E-state index in [2.05, 4.69) is 10.3 Å². The second-order valence-electron chi connectivity index (χ2n) is 4.04. The van der Waals surface area contributed by atoms with Crippen molar-refractivity contribution >= 4 is 17.2 Å². The molecule has 0 saturated heterocycles. The fourth-order valence-corrected chi connectivity index (χ4v) is 2.32. The lowest BCUT2D eigenvalue weighted by Crippen LogP contribution is -2.37. The van der Waals surface area contributed by atoms with Gasteiger partial charge in [0.2, 0.25) is 5.91 Å². The summed E-state index contributed by atoms with van der Waals surface area (Å²) in [5.41, 5.74) is 6.95. The van der Waals surface area contributed by atoms with E-state index in [-0.39, 0.29) is 6.54 Å². The summed E-state index contributed by atoms with van der Waals surface area (Å²) in [6.45, 7) is 0.636. The van der Waals surface area contributed by atoms with Crippen molar-refractivity contribution in [2.75, 3.05) is 6.54 Å². The highest BCUT2D eigenvalue weighted by atomic mass is 32.1. The molecule has 1 unspecified atom stereocenters. The number of nitrogens with one attached hydrogen (secondary N) is 1. The van der Waals surface area contributed by atoms with Crippen LogP contribution in [0.4, 0.5) is 0 Å². The molecule has 4 N–H and O–H groups in total. The van der Waals surface area contributed by atoms with Crippen molar-refractivity contribution in [3.8, 4) is 11.3 Å². The molecule has 0 aliphatic rings. The molecule has 1 amide bonds. The van der Waals surface area contributed by atoms with Crippen LogP contribution in [0.5, 0.6) is 0 Å². The molecule has 6 heteroatoms. The van der Waals surface area contributed by atoms with E-state index in [0.29, 0.717) is 6.54 Å². The third-order valence-electron chi connectivity index (χ3n) is 2.56. The summed E-state index contributed by atoms with van der Waals surface area (Å²) < 4.78 is 0. The second-order valence-corrected chi connectivity index (χ2v) is 4.98. The van der Waals surface area contributed by atoms with Crippen LogP contribution < -0.4 is 11.1 Å². The van der Waals surface area contributed by atoms with Crippen molar-refractivity contribution in [1.29, 1.82) is 0 Å². The van der Waals surface area contributed by atoms with Crippen molar-refractivity contribution in [3.63, 3.8) is 0 Å². The third-order valence-corrected chi connectivity index (χ3v) is 3.41. The van der Waals surface area contributed by atoms with E-state index in [0.717, 1.165) is 16.3 Å². The van der Waals surface area contributed by atoms with Gasteiger partial charge in [-0.1, -0.05) is 30.3 Å². The Hall–Kier alpha value is -1.76. The molecule has 5 nitrogen and oxygen atoms in total. The molecule has 0 fully saturated rings. The maximum absolute atomic E-state index is 10.6. The number of carbonyl (C=O) groups is 1. The minimum atomic E-state index is -1.16. The lowest BCUT2D eigenvalue weighted by Gasteiger charge is -2.06. The first-order chi connectivity index (χ1) is 9.16. The molecule has 0 saturated carbocycles. The van der Waals surface area contributed by atoms with Crippen molar-refractivity contribution in [2.45, 2.75) is 12.6 Å². The maximum atomic E-state index is 10.6. The highest BCUT2D eigenvalue weighted by molar-refractivity contribution is 7.09. The average Bonchev–Trinajstić information content (AvgIpc) is 2.88. The summed E-state index contributed by atoms with van der Waals surface area (Å²) >= 11 is 1.53. The molecular weight excluding hydrogens is 262 g/mol. The van der Waals surface area contributed by atoms with E-state index in [4.69, 9.17) is 5.73 Å². The SMILES string of the molecule is NC(=O)C(O)CNCc1nc(-c2ccccc2)cs1. The number of nitrogens with zero attached hydrogens (tertiary/aromatic N) is 1. The first kappa shape index (κ1) is 13.7. The molecule has 0 aliphatic heterocycles. The fraction of sp³-hybridized carbons (Fsp3) is 0.231. The average molecular weight is 277 g/mol. The molecule has 0 radical (unpaired) electrons. The minimum Gasteiger partial charge on any atom is -0.382 e. The fourth-order valence-electron chi connectivity index (χ4n) is 1.55. The number of nitrogens with two attached hydrogens (primary N) is 1. The Bertz CT molecular complexity index is 542. The second kappa shape index (κ2) is 6.42. The zero-order valence-electron chi connectivity index (χ0n) is 10.2. The van der Waals surface area contributed by atoms with Gasteiger partial charge in [0.05, 0.1) is 5.69 Å². The van der Waals surface area contributed by atoms with Crippen LogP contribution in [0.25, 0.3) is 11.3 Å². The summed E-state index contributed by atoms with van der Waals surface area (Å²) in [6, 6.07) is 9.90. The van der Waals surface area contributed by atoms with Gasteiger partial charge >= 0.3 is 0 Å². The summed E-state index contributed by atoms with van der Waals surface area (Å²) in [5, 5.41) is 15.1. The Morgan fingerprint density at radius 1 is 1.42 bits per heavy atom. The minimum absolute atomic E-state index is 0.135. The van der Waals surface area contributed by atoms with Gasteiger partial charge in [0, 0.05) is 24.0 Å². The summed E-state index contributed by atoms with van der Waals surface area (Å²) in [4.78, 5) is 15.1. The highest BCUT2D eigenvalue weighted by Crippen LogP contribution is 2.21. The van der Waals surface area contributed by atoms with Crippen LogP contribution in [0, 0.1) is 0 Å². The standard InChI is InChI=1S/C13H15N3O2S/c14-13(18)11(17)6-15-7-12-16-10(8-19-12)9-4-2-1-3-5-9/h1-5,8,11,15,17H,6-7H2,(H2,14,18). The quantitative estimate of drug-likeness (QED) is 0.727. The van der Waals surface area contributed by atoms with Crippen LogP contribution in [-0.4, -0.2) is 28.6 Å². The van der Waals surface area contributed by atoms with Gasteiger partial charge in [0.15, 0.2) is 0 Å². The van der Waals surface area contributed by atoms with Gasteiger partial charge in [0.1, 0.15) is 11.1 Å². The third kappa shape index (κ3) is 3.85. The number of primary amides is 1. The van der Waals surface area contributed by atoms with Crippen LogP contribution in [0.3, 0.4) is 0 Å². The number of thiazole rings is 1. The van der Waals surface area contributed by atoms with Crippen molar-refractivity contribution in [3.05, 3.63) is 40.7 Å². The molecule has 1 aromatic heterocycles. The molecule has 19 heavy (non-hydrogen) atoms. The van der Waals surface area contributed by atoms with Gasteiger partial charge in [-0.2, -0.15) is 0 Å². The normalized spacial score (nSPS) is 12.3. The number of aliphatic hydroxyl groups excluding tert-OH is 1. The van der Waals surface area contributed by atoms with Crippen LogP contribution in [0.1, 0.15) is 5.01 Å². The Kier molecular flexibility index (Phi) is 4.62. The lowest BCUT2D eigenvalue weighted by atomic mass is 10.2. The van der Waals surface area contributed by atoms with Gasteiger partial charge in [-0.25, -0.2) is 4.98 Å². The van der Waals surface area contributed by atoms with Gasteiger partial charge in [-0.05, 0) is 0 Å². The predicted octanol–water partition coefficient (Wildman–Crippen LogP) is 0.746. The number of hydrogen-bond acceptors (Lipinski definition) is 5. The number of aromatic nitrogens is 1. The zero-order chi connectivity index (χ0) is 13.7. The Labute approximate surface area is 115 Å². The first-order valence-electron chi connectivity index (χ1n) is 5.84. The van der Waals surface area contributed by atoms with E-state index in [1.165, 1.54) is 11.3 Å². The molecule has 1 heterocycles. The van der Waals surface area contributed by atoms with E-state index < -0.39 is 12.0 Å². The molecule has 0 aliphatic carbocycles.